The van der Waals surface area contributed by atoms with Gasteiger partial charge < -0.3 is 15.1 Å². The molecule has 1 fully saturated rings. The van der Waals surface area contributed by atoms with Gasteiger partial charge in [-0.3, -0.25) is 0 Å². The summed E-state index contributed by atoms with van der Waals surface area (Å²) in [5.41, 5.74) is -0.0496. The van der Waals surface area contributed by atoms with E-state index in [4.69, 9.17) is 0 Å². The smallest absolute Gasteiger partial charge is 0.319 e. The van der Waals surface area contributed by atoms with Crippen molar-refractivity contribution < 1.29 is 4.79 Å². The summed E-state index contributed by atoms with van der Waals surface area (Å²) in [5, 5.41) is 6.75. The molecule has 2 amide bonds. The Labute approximate surface area is 118 Å². The highest BCUT2D eigenvalue weighted by atomic mass is 32.1. The molecule has 2 heterocycles. The van der Waals surface area contributed by atoms with Gasteiger partial charge in [-0.05, 0) is 19.4 Å². The van der Waals surface area contributed by atoms with E-state index in [0.717, 1.165) is 37.5 Å². The highest BCUT2D eigenvalue weighted by Crippen LogP contribution is 2.34. The lowest BCUT2D eigenvalue weighted by Crippen LogP contribution is -2.53. The normalized spacial score (nSPS) is 18.4. The maximum Gasteiger partial charge on any atom is 0.319 e. The van der Waals surface area contributed by atoms with E-state index in [1.54, 1.807) is 30.3 Å². The number of aromatic nitrogens is 1. The molecule has 106 valence electrons. The van der Waals surface area contributed by atoms with E-state index in [-0.39, 0.29) is 11.6 Å². The minimum atomic E-state index is -0.0496. The first kappa shape index (κ1) is 14.3. The summed E-state index contributed by atoms with van der Waals surface area (Å²) in [6, 6.07) is 0.101. The third-order valence-corrected chi connectivity index (χ3v) is 4.60. The topological polar surface area (TPSA) is 48.5 Å². The van der Waals surface area contributed by atoms with Crippen molar-refractivity contribution in [3.63, 3.8) is 0 Å². The second kappa shape index (κ2) is 5.88. The maximum atomic E-state index is 12.0. The largest absolute Gasteiger partial charge is 0.331 e. The monoisotopic (exact) mass is 282 g/mol. The Kier molecular flexibility index (Phi) is 4.42. The van der Waals surface area contributed by atoms with E-state index in [1.807, 2.05) is 16.5 Å². The number of hydrogen-bond donors (Lipinski definition) is 1. The Morgan fingerprint density at radius 1 is 1.53 bits per heavy atom. The third kappa shape index (κ3) is 2.90. The summed E-state index contributed by atoms with van der Waals surface area (Å²) in [6.07, 6.45) is 3.71. The van der Waals surface area contributed by atoms with Crippen LogP contribution < -0.4 is 5.32 Å². The number of amides is 2. The Morgan fingerprint density at radius 3 is 2.68 bits per heavy atom. The standard InChI is InChI=1S/C13H22N4OS/c1-4-15-13(11-14-7-10-19-11)5-8-17(9-6-13)12(18)16(2)3/h7,10,15H,4-6,8-9H2,1-3H3. The molecule has 1 saturated heterocycles. The fraction of sp³-hybridized carbons (Fsp3) is 0.692. The number of carbonyl (C=O) groups is 1. The van der Waals surface area contributed by atoms with Crippen molar-refractivity contribution in [2.24, 2.45) is 0 Å². The van der Waals surface area contributed by atoms with Gasteiger partial charge in [0.1, 0.15) is 5.01 Å². The average molecular weight is 282 g/mol. The van der Waals surface area contributed by atoms with Crippen molar-refractivity contribution in [3.05, 3.63) is 16.6 Å². The summed E-state index contributed by atoms with van der Waals surface area (Å²) in [6.45, 7) is 4.60. The quantitative estimate of drug-likeness (QED) is 0.918. The van der Waals surface area contributed by atoms with Gasteiger partial charge in [-0.2, -0.15) is 0 Å². The van der Waals surface area contributed by atoms with Gasteiger partial charge in [0.15, 0.2) is 0 Å². The second-order valence-electron chi connectivity index (χ2n) is 5.11. The zero-order chi connectivity index (χ0) is 13.9. The maximum absolute atomic E-state index is 12.0. The van der Waals surface area contributed by atoms with Gasteiger partial charge in [0.05, 0.1) is 5.54 Å². The second-order valence-corrected chi connectivity index (χ2v) is 6.01. The van der Waals surface area contributed by atoms with Crippen LogP contribution in [-0.2, 0) is 5.54 Å². The molecule has 0 aliphatic carbocycles. The highest BCUT2D eigenvalue weighted by Gasteiger charge is 2.38. The van der Waals surface area contributed by atoms with Crippen molar-refractivity contribution in [1.82, 2.24) is 20.1 Å². The lowest BCUT2D eigenvalue weighted by atomic mass is 9.88. The van der Waals surface area contributed by atoms with Gasteiger partial charge in [0, 0.05) is 38.8 Å². The van der Waals surface area contributed by atoms with Crippen LogP contribution in [0.3, 0.4) is 0 Å². The van der Waals surface area contributed by atoms with Crippen LogP contribution in [0.25, 0.3) is 0 Å². The third-order valence-electron chi connectivity index (χ3n) is 3.63. The van der Waals surface area contributed by atoms with Crippen LogP contribution in [-0.4, -0.2) is 54.5 Å². The summed E-state index contributed by atoms with van der Waals surface area (Å²) < 4.78 is 0. The molecule has 0 atom stereocenters. The molecule has 1 aromatic rings. The van der Waals surface area contributed by atoms with E-state index in [1.165, 1.54) is 0 Å². The molecule has 0 saturated carbocycles. The van der Waals surface area contributed by atoms with Crippen LogP contribution in [0.15, 0.2) is 11.6 Å². The van der Waals surface area contributed by atoms with Crippen molar-refractivity contribution >= 4 is 17.4 Å². The van der Waals surface area contributed by atoms with Gasteiger partial charge >= 0.3 is 6.03 Å². The number of piperidine rings is 1. The van der Waals surface area contributed by atoms with Gasteiger partial charge in [0.25, 0.3) is 0 Å². The van der Waals surface area contributed by atoms with Crippen molar-refractivity contribution in [2.45, 2.75) is 25.3 Å². The molecule has 1 aliphatic rings. The zero-order valence-electron chi connectivity index (χ0n) is 11.8. The molecular weight excluding hydrogens is 260 g/mol. The summed E-state index contributed by atoms with van der Waals surface area (Å²) in [4.78, 5) is 20.0. The molecule has 0 bridgehead atoms. The Bertz CT molecular complexity index is 410. The Morgan fingerprint density at radius 2 is 2.21 bits per heavy atom. The number of urea groups is 1. The van der Waals surface area contributed by atoms with Crippen LogP contribution in [0, 0.1) is 0 Å². The first-order valence-corrected chi connectivity index (χ1v) is 7.58. The number of nitrogens with zero attached hydrogens (tertiary/aromatic N) is 3. The van der Waals surface area contributed by atoms with Crippen LogP contribution >= 0.6 is 11.3 Å². The van der Waals surface area contributed by atoms with E-state index in [2.05, 4.69) is 17.2 Å². The van der Waals surface area contributed by atoms with Crippen molar-refractivity contribution in [2.75, 3.05) is 33.7 Å². The number of nitrogens with one attached hydrogen (secondary N) is 1. The lowest BCUT2D eigenvalue weighted by Gasteiger charge is -2.41. The minimum Gasteiger partial charge on any atom is -0.331 e. The Hall–Kier alpha value is -1.14. The van der Waals surface area contributed by atoms with Gasteiger partial charge in [0.2, 0.25) is 0 Å². The molecule has 1 N–H and O–H groups in total. The zero-order valence-corrected chi connectivity index (χ0v) is 12.7. The molecule has 6 heteroatoms. The lowest BCUT2D eigenvalue weighted by molar-refractivity contribution is 0.125. The highest BCUT2D eigenvalue weighted by molar-refractivity contribution is 7.09. The predicted molar refractivity (Wildman–Crippen MR) is 77.4 cm³/mol. The molecule has 0 unspecified atom stereocenters. The van der Waals surface area contributed by atoms with Crippen LogP contribution in [0.2, 0.25) is 0 Å². The van der Waals surface area contributed by atoms with Gasteiger partial charge in [-0.1, -0.05) is 6.92 Å². The van der Waals surface area contributed by atoms with Gasteiger partial charge in [-0.25, -0.2) is 9.78 Å². The van der Waals surface area contributed by atoms with Crippen molar-refractivity contribution in [1.29, 1.82) is 0 Å². The number of rotatable bonds is 3. The summed E-state index contributed by atoms with van der Waals surface area (Å²) in [5.74, 6) is 0. The molecule has 0 spiro atoms. The minimum absolute atomic E-state index is 0.0496. The average Bonchev–Trinajstić information content (AvgIpc) is 2.93. The van der Waals surface area contributed by atoms with E-state index >= 15 is 0 Å². The SMILES string of the molecule is CCNC1(c2nccs2)CCN(C(=O)N(C)C)CC1. The fourth-order valence-corrected chi connectivity index (χ4v) is 3.50. The van der Waals surface area contributed by atoms with Crippen molar-refractivity contribution in [3.8, 4) is 0 Å². The summed E-state index contributed by atoms with van der Waals surface area (Å²) in [7, 11) is 3.60. The molecule has 1 aliphatic heterocycles. The molecule has 0 radical (unpaired) electrons. The van der Waals surface area contributed by atoms with E-state index < -0.39 is 0 Å². The molecule has 1 aromatic heterocycles. The number of hydrogen-bond acceptors (Lipinski definition) is 4. The number of likely N-dealkylation sites (tertiary alicyclic amines) is 1. The first-order chi connectivity index (χ1) is 9.09. The number of carbonyl (C=O) groups excluding carboxylic acids is 1. The number of thiazole rings is 1. The molecule has 5 nitrogen and oxygen atoms in total. The first-order valence-electron chi connectivity index (χ1n) is 6.70. The predicted octanol–water partition coefficient (Wildman–Crippen LogP) is 1.73. The summed E-state index contributed by atoms with van der Waals surface area (Å²) >= 11 is 1.70. The van der Waals surface area contributed by atoms with Crippen LogP contribution in [0.1, 0.15) is 24.8 Å². The van der Waals surface area contributed by atoms with E-state index in [9.17, 15) is 4.79 Å². The Balaban J connectivity index is 2.08. The molecular formula is C13H22N4OS. The molecule has 2 rings (SSSR count). The molecule has 19 heavy (non-hydrogen) atoms. The van der Waals surface area contributed by atoms with Gasteiger partial charge in [-0.15, -0.1) is 11.3 Å². The molecule has 0 aromatic carbocycles. The van der Waals surface area contributed by atoms with Crippen LogP contribution in [0.4, 0.5) is 4.79 Å². The van der Waals surface area contributed by atoms with Crippen LogP contribution in [0.5, 0.6) is 0 Å². The van der Waals surface area contributed by atoms with E-state index in [0.29, 0.717) is 0 Å². The fourth-order valence-electron chi connectivity index (χ4n) is 2.63.